The fraction of sp³-hybridized carbons (Fsp3) is 0.800. The molecule has 1 N–H and O–H groups in total. The van der Waals surface area contributed by atoms with Gasteiger partial charge in [0.1, 0.15) is 0 Å². The average molecular weight is 217 g/mol. The molecular formula is C10H19NO4. The van der Waals surface area contributed by atoms with Gasteiger partial charge >= 0.3 is 5.97 Å². The number of carbonyl (C=O) groups is 2. The number of aliphatic carboxylic acids is 1. The van der Waals surface area contributed by atoms with Gasteiger partial charge in [-0.15, -0.1) is 0 Å². The van der Waals surface area contributed by atoms with E-state index in [1.54, 1.807) is 27.9 Å². The Kier molecular flexibility index (Phi) is 4.74. The third kappa shape index (κ3) is 3.51. The lowest BCUT2D eigenvalue weighted by atomic mass is 9.84. The van der Waals surface area contributed by atoms with E-state index in [1.807, 2.05) is 0 Å². The highest BCUT2D eigenvalue weighted by atomic mass is 16.5. The van der Waals surface area contributed by atoms with Gasteiger partial charge in [-0.3, -0.25) is 9.59 Å². The van der Waals surface area contributed by atoms with Gasteiger partial charge in [0.2, 0.25) is 5.91 Å². The van der Waals surface area contributed by atoms with Gasteiger partial charge in [-0.05, 0) is 13.8 Å². The van der Waals surface area contributed by atoms with Crippen LogP contribution in [0.15, 0.2) is 0 Å². The average Bonchev–Trinajstić information content (AvgIpc) is 2.12. The van der Waals surface area contributed by atoms with Crippen LogP contribution < -0.4 is 0 Å². The number of ether oxygens (including phenoxy) is 1. The second-order valence-electron chi connectivity index (χ2n) is 4.24. The molecule has 1 atom stereocenters. The Bertz CT molecular complexity index is 248. The molecule has 0 aromatic carbocycles. The van der Waals surface area contributed by atoms with Gasteiger partial charge in [0.05, 0.1) is 17.9 Å². The molecule has 0 saturated carbocycles. The Morgan fingerprint density at radius 2 is 1.87 bits per heavy atom. The molecule has 0 radical (unpaired) electrons. The van der Waals surface area contributed by atoms with Gasteiger partial charge in [0, 0.05) is 21.2 Å². The fourth-order valence-corrected chi connectivity index (χ4v) is 1.11. The van der Waals surface area contributed by atoms with Crippen LogP contribution in [0.2, 0.25) is 0 Å². The van der Waals surface area contributed by atoms with Crippen LogP contribution in [0.25, 0.3) is 0 Å². The van der Waals surface area contributed by atoms with Crippen LogP contribution in [0.4, 0.5) is 0 Å². The van der Waals surface area contributed by atoms with Gasteiger partial charge in [0.15, 0.2) is 0 Å². The SMILES string of the molecule is CO[C@@H](CC(=O)N(C)C)C(C)(C)C(=O)O. The summed E-state index contributed by atoms with van der Waals surface area (Å²) in [7, 11) is 4.67. The number of hydrogen-bond acceptors (Lipinski definition) is 3. The Labute approximate surface area is 90.0 Å². The van der Waals surface area contributed by atoms with E-state index in [-0.39, 0.29) is 12.3 Å². The molecule has 0 aliphatic carbocycles. The van der Waals surface area contributed by atoms with Crippen LogP contribution in [-0.2, 0) is 14.3 Å². The van der Waals surface area contributed by atoms with Crippen LogP contribution in [0, 0.1) is 5.41 Å². The predicted octanol–water partition coefficient (Wildman–Crippen LogP) is 0.590. The smallest absolute Gasteiger partial charge is 0.311 e. The van der Waals surface area contributed by atoms with Crippen molar-refractivity contribution < 1.29 is 19.4 Å². The zero-order valence-electron chi connectivity index (χ0n) is 9.90. The van der Waals surface area contributed by atoms with Gasteiger partial charge < -0.3 is 14.7 Å². The first-order valence-electron chi connectivity index (χ1n) is 4.69. The molecule has 0 aromatic rings. The highest BCUT2D eigenvalue weighted by molar-refractivity contribution is 5.79. The third-order valence-electron chi connectivity index (χ3n) is 2.50. The normalized spacial score (nSPS) is 13.4. The van der Waals surface area contributed by atoms with E-state index in [0.29, 0.717) is 0 Å². The minimum absolute atomic E-state index is 0.0722. The highest BCUT2D eigenvalue weighted by Crippen LogP contribution is 2.26. The van der Waals surface area contributed by atoms with Crippen molar-refractivity contribution in [3.8, 4) is 0 Å². The summed E-state index contributed by atoms with van der Waals surface area (Å²) < 4.78 is 5.07. The first-order valence-corrected chi connectivity index (χ1v) is 4.69. The number of nitrogens with zero attached hydrogens (tertiary/aromatic N) is 1. The molecule has 0 heterocycles. The molecule has 1 amide bonds. The Hall–Kier alpha value is -1.10. The lowest BCUT2D eigenvalue weighted by Crippen LogP contribution is -2.41. The molecule has 0 aromatic heterocycles. The van der Waals surface area contributed by atoms with Crippen LogP contribution in [-0.4, -0.2) is 49.2 Å². The summed E-state index contributed by atoms with van der Waals surface area (Å²) in [6.45, 7) is 3.10. The largest absolute Gasteiger partial charge is 0.481 e. The summed E-state index contributed by atoms with van der Waals surface area (Å²) in [5.41, 5.74) is -1.07. The van der Waals surface area contributed by atoms with Gasteiger partial charge in [0.25, 0.3) is 0 Å². The topological polar surface area (TPSA) is 66.8 Å². The number of carbonyl (C=O) groups excluding carboxylic acids is 1. The number of amides is 1. The van der Waals surface area contributed by atoms with E-state index in [0.717, 1.165) is 0 Å². The molecule has 0 saturated heterocycles. The maximum atomic E-state index is 11.4. The monoisotopic (exact) mass is 217 g/mol. The van der Waals surface area contributed by atoms with Crippen molar-refractivity contribution in [3.05, 3.63) is 0 Å². The molecule has 0 bridgehead atoms. The summed E-state index contributed by atoms with van der Waals surface area (Å²) in [6, 6.07) is 0. The first-order chi connectivity index (χ1) is 6.73. The molecule has 0 aliphatic rings. The summed E-state index contributed by atoms with van der Waals surface area (Å²) in [6.07, 6.45) is -0.548. The van der Waals surface area contributed by atoms with E-state index in [4.69, 9.17) is 9.84 Å². The molecule has 15 heavy (non-hydrogen) atoms. The van der Waals surface area contributed by atoms with E-state index in [9.17, 15) is 9.59 Å². The van der Waals surface area contributed by atoms with Crippen molar-refractivity contribution >= 4 is 11.9 Å². The number of carboxylic acids is 1. The molecule has 0 spiro atoms. The summed E-state index contributed by atoms with van der Waals surface area (Å²) in [5.74, 6) is -1.11. The summed E-state index contributed by atoms with van der Waals surface area (Å²) >= 11 is 0. The molecule has 0 rings (SSSR count). The van der Waals surface area contributed by atoms with Crippen molar-refractivity contribution in [1.82, 2.24) is 4.90 Å². The van der Waals surface area contributed by atoms with E-state index in [1.165, 1.54) is 12.0 Å². The fourth-order valence-electron chi connectivity index (χ4n) is 1.11. The zero-order valence-corrected chi connectivity index (χ0v) is 9.90. The Balaban J connectivity index is 4.64. The van der Waals surface area contributed by atoms with Gasteiger partial charge in [-0.1, -0.05) is 0 Å². The second-order valence-corrected chi connectivity index (χ2v) is 4.24. The predicted molar refractivity (Wildman–Crippen MR) is 55.5 cm³/mol. The summed E-state index contributed by atoms with van der Waals surface area (Å²) in [5, 5.41) is 8.99. The van der Waals surface area contributed by atoms with Gasteiger partial charge in [-0.2, -0.15) is 0 Å². The van der Waals surface area contributed by atoms with E-state index >= 15 is 0 Å². The zero-order chi connectivity index (χ0) is 12.2. The number of rotatable bonds is 5. The number of methoxy groups -OCH3 is 1. The van der Waals surface area contributed by atoms with E-state index < -0.39 is 17.5 Å². The maximum absolute atomic E-state index is 11.4. The molecular weight excluding hydrogens is 198 g/mol. The molecule has 5 heteroatoms. The third-order valence-corrected chi connectivity index (χ3v) is 2.50. The second kappa shape index (κ2) is 5.11. The van der Waals surface area contributed by atoms with Crippen molar-refractivity contribution in [3.63, 3.8) is 0 Å². The molecule has 0 fully saturated rings. The minimum Gasteiger partial charge on any atom is -0.481 e. The lowest BCUT2D eigenvalue weighted by molar-refractivity contribution is -0.156. The quantitative estimate of drug-likeness (QED) is 0.732. The van der Waals surface area contributed by atoms with Crippen molar-refractivity contribution in [2.24, 2.45) is 5.41 Å². The van der Waals surface area contributed by atoms with Gasteiger partial charge in [-0.25, -0.2) is 0 Å². The Morgan fingerprint density at radius 3 is 2.13 bits per heavy atom. The molecule has 5 nitrogen and oxygen atoms in total. The van der Waals surface area contributed by atoms with Crippen LogP contribution >= 0.6 is 0 Å². The minimum atomic E-state index is -1.07. The van der Waals surface area contributed by atoms with Crippen LogP contribution in [0.3, 0.4) is 0 Å². The molecule has 88 valence electrons. The van der Waals surface area contributed by atoms with Crippen molar-refractivity contribution in [2.75, 3.05) is 21.2 Å². The summed E-state index contributed by atoms with van der Waals surface area (Å²) in [4.78, 5) is 23.8. The molecule has 0 aliphatic heterocycles. The van der Waals surface area contributed by atoms with E-state index in [2.05, 4.69) is 0 Å². The van der Waals surface area contributed by atoms with Crippen LogP contribution in [0.1, 0.15) is 20.3 Å². The first kappa shape index (κ1) is 13.9. The van der Waals surface area contributed by atoms with Crippen molar-refractivity contribution in [2.45, 2.75) is 26.4 Å². The van der Waals surface area contributed by atoms with Crippen molar-refractivity contribution in [1.29, 1.82) is 0 Å². The lowest BCUT2D eigenvalue weighted by Gasteiger charge is -2.29. The maximum Gasteiger partial charge on any atom is 0.311 e. The highest BCUT2D eigenvalue weighted by Gasteiger charge is 2.38. The Morgan fingerprint density at radius 1 is 1.40 bits per heavy atom. The van der Waals surface area contributed by atoms with Crippen LogP contribution in [0.5, 0.6) is 0 Å². The number of hydrogen-bond donors (Lipinski definition) is 1. The standard InChI is InChI=1S/C10H19NO4/c1-10(2,9(13)14)7(15-5)6-8(12)11(3)4/h7H,6H2,1-5H3,(H,13,14)/t7-/m0/s1. The molecule has 0 unspecified atom stereocenters. The number of carboxylic acid groups (broad SMARTS) is 1.